The molecular formula is C22H16ClFN4O. The third-order valence-electron chi connectivity index (χ3n) is 5.31. The van der Waals surface area contributed by atoms with Crippen LogP contribution in [-0.4, -0.2) is 20.7 Å². The van der Waals surface area contributed by atoms with Gasteiger partial charge in [0, 0.05) is 16.6 Å². The van der Waals surface area contributed by atoms with Crippen LogP contribution < -0.4 is 5.32 Å². The van der Waals surface area contributed by atoms with Gasteiger partial charge in [0.15, 0.2) is 0 Å². The van der Waals surface area contributed by atoms with Crippen molar-refractivity contribution in [3.05, 3.63) is 89.1 Å². The van der Waals surface area contributed by atoms with Gasteiger partial charge in [0.1, 0.15) is 5.82 Å². The number of carbonyl (C=O) groups excluding carboxylic acids is 1. The molecule has 4 aromatic rings. The van der Waals surface area contributed by atoms with Gasteiger partial charge in [-0.2, -0.15) is 5.10 Å². The number of rotatable bonds is 4. The van der Waals surface area contributed by atoms with Crippen molar-refractivity contribution in [2.75, 3.05) is 0 Å². The summed E-state index contributed by atoms with van der Waals surface area (Å²) in [6.45, 7) is 0. The van der Waals surface area contributed by atoms with Gasteiger partial charge < -0.3 is 5.32 Å². The normalized spacial score (nSPS) is 14.7. The van der Waals surface area contributed by atoms with Gasteiger partial charge in [-0.15, -0.1) is 0 Å². The number of carbonyl (C=O) groups is 1. The highest BCUT2D eigenvalue weighted by atomic mass is 35.5. The van der Waals surface area contributed by atoms with Gasteiger partial charge in [0.25, 0.3) is 5.91 Å². The van der Waals surface area contributed by atoms with E-state index in [0.29, 0.717) is 27.2 Å². The van der Waals surface area contributed by atoms with Crippen molar-refractivity contribution in [1.29, 1.82) is 0 Å². The van der Waals surface area contributed by atoms with Crippen molar-refractivity contribution in [3.63, 3.8) is 0 Å². The summed E-state index contributed by atoms with van der Waals surface area (Å²) < 4.78 is 14.9. The second-order valence-corrected chi connectivity index (χ2v) is 7.63. The van der Waals surface area contributed by atoms with Gasteiger partial charge >= 0.3 is 0 Å². The van der Waals surface area contributed by atoms with Crippen LogP contribution in [0.3, 0.4) is 0 Å². The van der Waals surface area contributed by atoms with Gasteiger partial charge in [-0.05, 0) is 54.8 Å². The highest BCUT2D eigenvalue weighted by Gasteiger charge is 2.45. The second-order valence-electron chi connectivity index (χ2n) is 7.20. The smallest absolute Gasteiger partial charge is 0.254 e. The zero-order valence-corrected chi connectivity index (χ0v) is 16.0. The van der Waals surface area contributed by atoms with Crippen LogP contribution >= 0.6 is 11.6 Å². The van der Waals surface area contributed by atoms with Gasteiger partial charge in [0.2, 0.25) is 0 Å². The van der Waals surface area contributed by atoms with Crippen molar-refractivity contribution in [3.8, 4) is 5.69 Å². The fourth-order valence-electron chi connectivity index (χ4n) is 3.58. The number of pyridine rings is 1. The van der Waals surface area contributed by atoms with Crippen molar-refractivity contribution < 1.29 is 9.18 Å². The van der Waals surface area contributed by atoms with Crippen LogP contribution in [0.1, 0.15) is 28.8 Å². The number of halogens is 2. The Morgan fingerprint density at radius 2 is 1.76 bits per heavy atom. The highest BCUT2D eigenvalue weighted by molar-refractivity contribution is 6.30. The molecule has 1 saturated carbocycles. The maximum atomic E-state index is 13.2. The summed E-state index contributed by atoms with van der Waals surface area (Å²) in [5, 5.41) is 8.89. The molecule has 1 fully saturated rings. The lowest BCUT2D eigenvalue weighted by atomic mass is 10.0. The zero-order chi connectivity index (χ0) is 20.0. The molecule has 0 spiro atoms. The Hall–Kier alpha value is -3.25. The summed E-state index contributed by atoms with van der Waals surface area (Å²) in [5.74, 6) is -0.519. The van der Waals surface area contributed by atoms with E-state index in [-0.39, 0.29) is 17.3 Å². The minimum atomic E-state index is -0.364. The molecule has 7 heteroatoms. The van der Waals surface area contributed by atoms with Gasteiger partial charge in [-0.3, -0.25) is 9.78 Å². The molecule has 2 heterocycles. The number of aromatic nitrogens is 3. The standard InChI is InChI=1S/C22H16ClFN4O/c23-15-3-1-14(2-4-15)22(9-10-22)27-21(29)19-11-25-13-20-18(19)12-26-28(20)17-7-5-16(24)6-8-17/h1-8,11-13H,9-10H2,(H,27,29). The molecule has 0 radical (unpaired) electrons. The number of amides is 1. The van der Waals surface area contributed by atoms with E-state index in [2.05, 4.69) is 15.4 Å². The summed E-state index contributed by atoms with van der Waals surface area (Å²) in [6, 6.07) is 13.6. The maximum absolute atomic E-state index is 13.2. The molecule has 2 aromatic heterocycles. The van der Waals surface area contributed by atoms with E-state index in [1.54, 1.807) is 35.4 Å². The largest absolute Gasteiger partial charge is 0.342 e. The van der Waals surface area contributed by atoms with Crippen LogP contribution in [0, 0.1) is 5.82 Å². The Bertz CT molecular complexity index is 1210. The zero-order valence-electron chi connectivity index (χ0n) is 15.3. The Kier molecular flexibility index (Phi) is 4.10. The SMILES string of the molecule is O=C(NC1(c2ccc(Cl)cc2)CC1)c1cncc2c1cnn2-c1ccc(F)cc1. The molecule has 0 aliphatic heterocycles. The molecule has 0 saturated heterocycles. The van der Waals surface area contributed by atoms with E-state index in [1.165, 1.54) is 12.1 Å². The van der Waals surface area contributed by atoms with E-state index in [0.717, 1.165) is 18.4 Å². The minimum Gasteiger partial charge on any atom is -0.342 e. The number of hydrogen-bond acceptors (Lipinski definition) is 3. The minimum absolute atomic E-state index is 0.200. The topological polar surface area (TPSA) is 59.8 Å². The molecular weight excluding hydrogens is 391 g/mol. The number of nitrogens with one attached hydrogen (secondary N) is 1. The van der Waals surface area contributed by atoms with E-state index < -0.39 is 0 Å². The van der Waals surface area contributed by atoms with Crippen LogP contribution in [0.25, 0.3) is 16.6 Å². The molecule has 1 N–H and O–H groups in total. The number of fused-ring (bicyclic) bond motifs is 1. The summed E-state index contributed by atoms with van der Waals surface area (Å²) in [5.41, 5.74) is 2.51. The Morgan fingerprint density at radius 1 is 1.03 bits per heavy atom. The van der Waals surface area contributed by atoms with Crippen LogP contribution in [0.4, 0.5) is 4.39 Å². The molecule has 0 unspecified atom stereocenters. The molecule has 144 valence electrons. The van der Waals surface area contributed by atoms with Gasteiger partial charge in [-0.25, -0.2) is 9.07 Å². The highest BCUT2D eigenvalue weighted by Crippen LogP contribution is 2.46. The predicted molar refractivity (Wildman–Crippen MR) is 109 cm³/mol. The lowest BCUT2D eigenvalue weighted by molar-refractivity contribution is 0.0932. The fraction of sp³-hybridized carbons (Fsp3) is 0.136. The molecule has 5 rings (SSSR count). The Labute approximate surface area is 171 Å². The lowest BCUT2D eigenvalue weighted by Crippen LogP contribution is -2.35. The Balaban J connectivity index is 1.48. The van der Waals surface area contributed by atoms with Crippen molar-refractivity contribution in [2.24, 2.45) is 0 Å². The molecule has 5 nitrogen and oxygen atoms in total. The number of nitrogens with zero attached hydrogens (tertiary/aromatic N) is 3. The van der Waals surface area contributed by atoms with Gasteiger partial charge in [0.05, 0.1) is 34.7 Å². The fourth-order valence-corrected chi connectivity index (χ4v) is 3.70. The van der Waals surface area contributed by atoms with E-state index in [9.17, 15) is 9.18 Å². The summed E-state index contributed by atoms with van der Waals surface area (Å²) >= 11 is 5.98. The maximum Gasteiger partial charge on any atom is 0.254 e. The first kappa shape index (κ1) is 17.8. The van der Waals surface area contributed by atoms with Crippen LogP contribution in [0.5, 0.6) is 0 Å². The molecule has 1 aliphatic carbocycles. The number of benzene rings is 2. The van der Waals surface area contributed by atoms with Crippen LogP contribution in [0.15, 0.2) is 67.1 Å². The lowest BCUT2D eigenvalue weighted by Gasteiger charge is -2.18. The third kappa shape index (κ3) is 3.15. The summed E-state index contributed by atoms with van der Waals surface area (Å²) in [6.07, 6.45) is 6.58. The molecule has 1 aliphatic rings. The monoisotopic (exact) mass is 406 g/mol. The van der Waals surface area contributed by atoms with E-state index >= 15 is 0 Å². The Morgan fingerprint density at radius 3 is 2.45 bits per heavy atom. The summed E-state index contributed by atoms with van der Waals surface area (Å²) in [4.78, 5) is 17.3. The molecule has 0 bridgehead atoms. The molecule has 1 amide bonds. The van der Waals surface area contributed by atoms with Crippen LogP contribution in [0.2, 0.25) is 5.02 Å². The first-order valence-corrected chi connectivity index (χ1v) is 9.60. The number of hydrogen-bond donors (Lipinski definition) is 1. The quantitative estimate of drug-likeness (QED) is 0.537. The predicted octanol–water partition coefficient (Wildman–Crippen LogP) is 4.63. The van der Waals surface area contributed by atoms with Crippen LogP contribution in [-0.2, 0) is 5.54 Å². The van der Waals surface area contributed by atoms with E-state index in [4.69, 9.17) is 11.6 Å². The molecule has 0 atom stereocenters. The average molecular weight is 407 g/mol. The first-order valence-electron chi connectivity index (χ1n) is 9.22. The second kappa shape index (κ2) is 6.67. The van der Waals surface area contributed by atoms with Gasteiger partial charge in [-0.1, -0.05) is 23.7 Å². The molecule has 29 heavy (non-hydrogen) atoms. The average Bonchev–Trinajstić information content (AvgIpc) is 3.38. The molecule has 2 aromatic carbocycles. The van der Waals surface area contributed by atoms with E-state index in [1.807, 2.05) is 24.3 Å². The third-order valence-corrected chi connectivity index (χ3v) is 5.56. The van der Waals surface area contributed by atoms with Crippen molar-refractivity contribution in [2.45, 2.75) is 18.4 Å². The van der Waals surface area contributed by atoms with Crippen molar-refractivity contribution in [1.82, 2.24) is 20.1 Å². The van der Waals surface area contributed by atoms with Crippen molar-refractivity contribution >= 4 is 28.4 Å². The summed E-state index contributed by atoms with van der Waals surface area (Å²) in [7, 11) is 0. The first-order chi connectivity index (χ1) is 14.1.